The molecule has 0 bridgehead atoms. The van der Waals surface area contributed by atoms with Gasteiger partial charge in [-0.2, -0.15) is 0 Å². The Bertz CT molecular complexity index is 820. The van der Waals surface area contributed by atoms with Gasteiger partial charge in [-0.25, -0.2) is 4.39 Å². The van der Waals surface area contributed by atoms with Crippen molar-refractivity contribution in [2.24, 2.45) is 0 Å². The average molecular weight is 322 g/mol. The first-order valence-corrected chi connectivity index (χ1v) is 7.33. The smallest absolute Gasteiger partial charge is 0.278 e. The molecule has 3 rings (SSSR count). The van der Waals surface area contributed by atoms with E-state index in [9.17, 15) is 9.18 Å². The van der Waals surface area contributed by atoms with Crippen LogP contribution in [-0.2, 0) is 0 Å². The van der Waals surface area contributed by atoms with Crippen LogP contribution in [0.3, 0.4) is 0 Å². The molecule has 0 saturated heterocycles. The monoisotopic (exact) mass is 322 g/mol. The maximum absolute atomic E-state index is 12.9. The van der Waals surface area contributed by atoms with Gasteiger partial charge in [-0.15, -0.1) is 10.2 Å². The molecule has 0 aliphatic rings. The van der Waals surface area contributed by atoms with Gasteiger partial charge < -0.3 is 10.2 Å². The van der Waals surface area contributed by atoms with Gasteiger partial charge in [-0.3, -0.25) is 4.79 Å². The first-order valence-electron chi connectivity index (χ1n) is 7.33. The molecule has 0 radical (unpaired) electrons. The van der Waals surface area contributed by atoms with Crippen molar-refractivity contribution in [2.75, 3.05) is 17.3 Å². The number of anilines is 3. The maximum Gasteiger partial charge on any atom is 0.278 e. The fourth-order valence-electron chi connectivity index (χ4n) is 2.13. The van der Waals surface area contributed by atoms with E-state index in [2.05, 4.69) is 15.5 Å². The van der Waals surface area contributed by atoms with Gasteiger partial charge in [0.25, 0.3) is 5.91 Å². The first-order chi connectivity index (χ1) is 11.6. The SMILES string of the molecule is CN(C(=O)c1ccc(Nc2ccc(F)cc2)nn1)c1ccccc1. The number of hydrogen-bond donors (Lipinski definition) is 1. The van der Waals surface area contributed by atoms with Crippen molar-refractivity contribution >= 4 is 23.1 Å². The van der Waals surface area contributed by atoms with E-state index >= 15 is 0 Å². The number of benzene rings is 2. The highest BCUT2D eigenvalue weighted by atomic mass is 19.1. The third kappa shape index (κ3) is 3.55. The molecule has 0 saturated carbocycles. The van der Waals surface area contributed by atoms with Gasteiger partial charge in [-0.1, -0.05) is 18.2 Å². The van der Waals surface area contributed by atoms with Crippen molar-refractivity contribution in [3.63, 3.8) is 0 Å². The Morgan fingerprint density at radius 3 is 2.29 bits per heavy atom. The van der Waals surface area contributed by atoms with E-state index < -0.39 is 0 Å². The van der Waals surface area contributed by atoms with Gasteiger partial charge in [0.15, 0.2) is 11.5 Å². The minimum absolute atomic E-state index is 0.242. The summed E-state index contributed by atoms with van der Waals surface area (Å²) >= 11 is 0. The first kappa shape index (κ1) is 15.6. The second-order valence-electron chi connectivity index (χ2n) is 5.14. The summed E-state index contributed by atoms with van der Waals surface area (Å²) in [6.07, 6.45) is 0. The molecular weight excluding hydrogens is 307 g/mol. The number of carbonyl (C=O) groups is 1. The quantitative estimate of drug-likeness (QED) is 0.797. The summed E-state index contributed by atoms with van der Waals surface area (Å²) in [6.45, 7) is 0. The highest BCUT2D eigenvalue weighted by Gasteiger charge is 2.15. The molecule has 3 aromatic rings. The normalized spacial score (nSPS) is 10.2. The summed E-state index contributed by atoms with van der Waals surface area (Å²) in [6, 6.07) is 18.4. The molecule has 2 aromatic carbocycles. The lowest BCUT2D eigenvalue weighted by atomic mass is 10.2. The second-order valence-corrected chi connectivity index (χ2v) is 5.14. The zero-order chi connectivity index (χ0) is 16.9. The number of aromatic nitrogens is 2. The Balaban J connectivity index is 1.72. The number of amides is 1. The predicted molar refractivity (Wildman–Crippen MR) is 90.9 cm³/mol. The summed E-state index contributed by atoms with van der Waals surface area (Å²) in [5, 5.41) is 10.9. The number of rotatable bonds is 4. The van der Waals surface area contributed by atoms with Crippen LogP contribution in [0.15, 0.2) is 66.7 Å². The molecule has 5 nitrogen and oxygen atoms in total. The average Bonchev–Trinajstić information content (AvgIpc) is 2.64. The molecule has 0 aliphatic heterocycles. The predicted octanol–water partition coefficient (Wildman–Crippen LogP) is 3.64. The molecule has 0 spiro atoms. The zero-order valence-corrected chi connectivity index (χ0v) is 13.0. The van der Waals surface area contributed by atoms with Crippen molar-refractivity contribution in [3.05, 3.63) is 78.2 Å². The van der Waals surface area contributed by atoms with E-state index in [0.29, 0.717) is 11.5 Å². The van der Waals surface area contributed by atoms with Crippen LogP contribution in [0.5, 0.6) is 0 Å². The van der Waals surface area contributed by atoms with Gasteiger partial charge in [0, 0.05) is 18.4 Å². The van der Waals surface area contributed by atoms with Crippen LogP contribution in [0.2, 0.25) is 0 Å². The molecule has 1 N–H and O–H groups in total. The van der Waals surface area contributed by atoms with Crippen molar-refractivity contribution in [1.29, 1.82) is 0 Å². The molecule has 1 amide bonds. The lowest BCUT2D eigenvalue weighted by Gasteiger charge is -2.16. The standard InChI is InChI=1S/C18H15FN4O/c1-23(15-5-3-2-4-6-15)18(24)16-11-12-17(22-21-16)20-14-9-7-13(19)8-10-14/h2-12H,1H3,(H,20,22). The van der Waals surface area contributed by atoms with Gasteiger partial charge in [-0.05, 0) is 48.5 Å². The van der Waals surface area contributed by atoms with E-state index in [1.54, 1.807) is 31.3 Å². The Labute approximate surface area is 138 Å². The third-order valence-electron chi connectivity index (χ3n) is 3.45. The van der Waals surface area contributed by atoms with Crippen molar-refractivity contribution in [3.8, 4) is 0 Å². The van der Waals surface area contributed by atoms with E-state index in [4.69, 9.17) is 0 Å². The Kier molecular flexibility index (Phi) is 4.47. The van der Waals surface area contributed by atoms with Crippen LogP contribution in [0.25, 0.3) is 0 Å². The van der Waals surface area contributed by atoms with Crippen molar-refractivity contribution < 1.29 is 9.18 Å². The van der Waals surface area contributed by atoms with Crippen LogP contribution in [-0.4, -0.2) is 23.2 Å². The number of hydrogen-bond acceptors (Lipinski definition) is 4. The fraction of sp³-hybridized carbons (Fsp3) is 0.0556. The third-order valence-corrected chi connectivity index (χ3v) is 3.45. The molecule has 1 aromatic heterocycles. The van der Waals surface area contributed by atoms with Crippen LogP contribution in [0.4, 0.5) is 21.6 Å². The van der Waals surface area contributed by atoms with Crippen LogP contribution in [0.1, 0.15) is 10.5 Å². The van der Waals surface area contributed by atoms with E-state index in [1.165, 1.54) is 17.0 Å². The molecule has 0 atom stereocenters. The molecule has 0 unspecified atom stereocenters. The molecule has 0 aliphatic carbocycles. The molecule has 120 valence electrons. The topological polar surface area (TPSA) is 58.1 Å². The largest absolute Gasteiger partial charge is 0.339 e. The van der Waals surface area contributed by atoms with Gasteiger partial charge in [0.05, 0.1) is 0 Å². The van der Waals surface area contributed by atoms with E-state index in [1.807, 2.05) is 30.3 Å². The number of halogens is 1. The number of nitrogens with zero attached hydrogens (tertiary/aromatic N) is 3. The molecular formula is C18H15FN4O. The number of nitrogens with one attached hydrogen (secondary N) is 1. The van der Waals surface area contributed by atoms with Crippen LogP contribution >= 0.6 is 0 Å². The molecule has 0 fully saturated rings. The van der Waals surface area contributed by atoms with Gasteiger partial charge in [0.2, 0.25) is 0 Å². The van der Waals surface area contributed by atoms with Crippen LogP contribution < -0.4 is 10.2 Å². The Morgan fingerprint density at radius 2 is 1.67 bits per heavy atom. The fourth-order valence-corrected chi connectivity index (χ4v) is 2.13. The maximum atomic E-state index is 12.9. The van der Waals surface area contributed by atoms with Gasteiger partial charge in [0.1, 0.15) is 5.82 Å². The van der Waals surface area contributed by atoms with Crippen molar-refractivity contribution in [2.45, 2.75) is 0 Å². The van der Waals surface area contributed by atoms with Crippen molar-refractivity contribution in [1.82, 2.24) is 10.2 Å². The second kappa shape index (κ2) is 6.87. The molecule has 1 heterocycles. The highest BCUT2D eigenvalue weighted by molar-refractivity contribution is 6.04. The summed E-state index contributed by atoms with van der Waals surface area (Å²) in [4.78, 5) is 13.9. The minimum atomic E-state index is -0.309. The molecule has 6 heteroatoms. The zero-order valence-electron chi connectivity index (χ0n) is 13.0. The lowest BCUT2D eigenvalue weighted by Crippen LogP contribution is -2.27. The summed E-state index contributed by atoms with van der Waals surface area (Å²) in [5.41, 5.74) is 1.70. The van der Waals surface area contributed by atoms with Gasteiger partial charge >= 0.3 is 0 Å². The molecule has 24 heavy (non-hydrogen) atoms. The number of carbonyl (C=O) groups excluding carboxylic acids is 1. The summed E-state index contributed by atoms with van der Waals surface area (Å²) in [5.74, 6) is -0.0842. The van der Waals surface area contributed by atoms with Crippen LogP contribution in [0, 0.1) is 5.82 Å². The Morgan fingerprint density at radius 1 is 0.958 bits per heavy atom. The Hall–Kier alpha value is -3.28. The van der Waals surface area contributed by atoms with E-state index in [-0.39, 0.29) is 17.4 Å². The summed E-state index contributed by atoms with van der Waals surface area (Å²) < 4.78 is 12.9. The summed E-state index contributed by atoms with van der Waals surface area (Å²) in [7, 11) is 1.68. The highest BCUT2D eigenvalue weighted by Crippen LogP contribution is 2.16. The minimum Gasteiger partial charge on any atom is -0.339 e. The van der Waals surface area contributed by atoms with E-state index in [0.717, 1.165) is 5.69 Å². The lowest BCUT2D eigenvalue weighted by molar-refractivity contribution is 0.0987. The number of para-hydroxylation sites is 1.